The number of aromatic nitrogens is 4. The van der Waals surface area contributed by atoms with E-state index < -0.39 is 0 Å². The molecule has 2 aromatic heterocycles. The smallest absolute Gasteiger partial charge is 0.227 e. The molecule has 0 atom stereocenters. The zero-order chi connectivity index (χ0) is 19.7. The van der Waals surface area contributed by atoms with Gasteiger partial charge in [0.05, 0.1) is 5.69 Å². The maximum absolute atomic E-state index is 12.5. The molecule has 1 aromatic carbocycles. The lowest BCUT2D eigenvalue weighted by Gasteiger charge is -2.20. The number of amides is 1. The number of aromatic amines is 1. The summed E-state index contributed by atoms with van der Waals surface area (Å²) in [6.07, 6.45) is 1.24. The van der Waals surface area contributed by atoms with Crippen LogP contribution in [0.15, 0.2) is 24.3 Å². The number of anilines is 1. The molecule has 0 saturated carbocycles. The third-order valence-corrected chi connectivity index (χ3v) is 6.11. The average Bonchev–Trinajstić information content (AvgIpc) is 3.23. The maximum Gasteiger partial charge on any atom is 0.227 e. The summed E-state index contributed by atoms with van der Waals surface area (Å²) in [4.78, 5) is 20.5. The van der Waals surface area contributed by atoms with Gasteiger partial charge in [0.2, 0.25) is 5.91 Å². The average molecular weight is 415 g/mol. The fraction of sp³-hybridized carbons (Fsp3) is 0.368. The van der Waals surface area contributed by atoms with Gasteiger partial charge in [-0.15, -0.1) is 11.3 Å². The first kappa shape index (κ1) is 19.0. The first-order chi connectivity index (χ1) is 13.5. The van der Waals surface area contributed by atoms with Crippen LogP contribution in [0.5, 0.6) is 0 Å². The van der Waals surface area contributed by atoms with E-state index in [-0.39, 0.29) is 5.91 Å². The van der Waals surface area contributed by atoms with E-state index in [0.29, 0.717) is 22.9 Å². The number of carbonyl (C=O) groups excluding carboxylic acids is 1. The first-order valence-electron chi connectivity index (χ1n) is 9.19. The van der Waals surface area contributed by atoms with Crippen LogP contribution in [0.1, 0.15) is 22.6 Å². The van der Waals surface area contributed by atoms with Crippen molar-refractivity contribution in [3.05, 3.63) is 45.2 Å². The van der Waals surface area contributed by atoms with Crippen molar-refractivity contribution in [3.63, 3.8) is 0 Å². The third kappa shape index (κ3) is 4.06. The number of aryl methyl sites for hydroxylation is 1. The summed E-state index contributed by atoms with van der Waals surface area (Å²) >= 11 is 6.91. The van der Waals surface area contributed by atoms with Gasteiger partial charge in [-0.05, 0) is 26.2 Å². The van der Waals surface area contributed by atoms with Crippen molar-refractivity contribution in [3.8, 4) is 11.4 Å². The predicted molar refractivity (Wildman–Crippen MR) is 113 cm³/mol. The highest BCUT2D eigenvalue weighted by atomic mass is 32.1. The summed E-state index contributed by atoms with van der Waals surface area (Å²) in [6, 6.07) is 8.08. The van der Waals surface area contributed by atoms with Gasteiger partial charge in [-0.3, -0.25) is 14.5 Å². The lowest BCUT2D eigenvalue weighted by molar-refractivity contribution is -0.116. The van der Waals surface area contributed by atoms with E-state index in [1.165, 1.54) is 10.4 Å². The minimum Gasteiger partial charge on any atom is -0.302 e. The lowest BCUT2D eigenvalue weighted by atomic mass is 10.1. The van der Waals surface area contributed by atoms with Gasteiger partial charge in [0.15, 0.2) is 15.7 Å². The molecule has 0 spiro atoms. The van der Waals surface area contributed by atoms with Crippen molar-refractivity contribution in [1.29, 1.82) is 0 Å². The van der Waals surface area contributed by atoms with Crippen molar-refractivity contribution in [1.82, 2.24) is 24.6 Å². The molecule has 9 heteroatoms. The standard InChI is InChI=1S/C19H22N6OS2/c1-12-3-5-13(6-4-12)17-22-23-19(27)25(17)10-8-16(26)21-18-20-14-7-9-24(2)11-15(14)28-18/h3-6H,7-11H2,1-2H3,(H,23,27)(H,20,21,26). The molecule has 0 saturated heterocycles. The van der Waals surface area contributed by atoms with Crippen LogP contribution in [0, 0.1) is 11.7 Å². The Morgan fingerprint density at radius 1 is 1.36 bits per heavy atom. The normalized spacial score (nSPS) is 14.1. The predicted octanol–water partition coefficient (Wildman–Crippen LogP) is 3.39. The molecule has 0 unspecified atom stereocenters. The number of hydrogen-bond acceptors (Lipinski definition) is 6. The molecule has 2 N–H and O–H groups in total. The highest BCUT2D eigenvalue weighted by Crippen LogP contribution is 2.27. The van der Waals surface area contributed by atoms with Gasteiger partial charge in [0, 0.05) is 42.9 Å². The van der Waals surface area contributed by atoms with Gasteiger partial charge >= 0.3 is 0 Å². The Morgan fingerprint density at radius 3 is 2.93 bits per heavy atom. The number of nitrogens with one attached hydrogen (secondary N) is 2. The SMILES string of the molecule is Cc1ccc(-c2n[nH]c(=S)n2CCC(=O)Nc2nc3c(s2)CN(C)CC3)cc1. The second-order valence-electron chi connectivity index (χ2n) is 7.04. The summed E-state index contributed by atoms with van der Waals surface area (Å²) in [5.41, 5.74) is 3.26. The lowest BCUT2D eigenvalue weighted by Crippen LogP contribution is -2.25. The van der Waals surface area contributed by atoms with Gasteiger partial charge < -0.3 is 10.2 Å². The molecule has 0 bridgehead atoms. The van der Waals surface area contributed by atoms with Crippen molar-refractivity contribution < 1.29 is 4.79 Å². The van der Waals surface area contributed by atoms with Crippen LogP contribution in [-0.4, -0.2) is 44.1 Å². The van der Waals surface area contributed by atoms with E-state index in [1.54, 1.807) is 11.3 Å². The van der Waals surface area contributed by atoms with E-state index >= 15 is 0 Å². The minimum atomic E-state index is -0.0718. The highest BCUT2D eigenvalue weighted by molar-refractivity contribution is 7.71. The molecule has 28 heavy (non-hydrogen) atoms. The van der Waals surface area contributed by atoms with Crippen LogP contribution < -0.4 is 5.32 Å². The number of nitrogens with zero attached hydrogens (tertiary/aromatic N) is 4. The van der Waals surface area contributed by atoms with Crippen molar-refractivity contribution in [2.24, 2.45) is 0 Å². The molecule has 0 aliphatic carbocycles. The molecule has 0 fully saturated rings. The molecule has 1 aliphatic rings. The summed E-state index contributed by atoms with van der Waals surface area (Å²) in [6.45, 7) is 4.40. The molecular weight excluding hydrogens is 392 g/mol. The van der Waals surface area contributed by atoms with Crippen LogP contribution in [0.4, 0.5) is 5.13 Å². The molecule has 1 amide bonds. The van der Waals surface area contributed by atoms with Gasteiger partial charge in [0.25, 0.3) is 0 Å². The molecule has 3 aromatic rings. The first-order valence-corrected chi connectivity index (χ1v) is 10.4. The molecule has 4 rings (SSSR count). The Hall–Kier alpha value is -2.36. The molecule has 7 nitrogen and oxygen atoms in total. The summed E-state index contributed by atoms with van der Waals surface area (Å²) in [7, 11) is 2.10. The van der Waals surface area contributed by atoms with Crippen molar-refractivity contribution >= 4 is 34.6 Å². The third-order valence-electron chi connectivity index (χ3n) is 4.80. The quantitative estimate of drug-likeness (QED) is 0.626. The van der Waals surface area contributed by atoms with Gasteiger partial charge in [-0.2, -0.15) is 5.10 Å². The summed E-state index contributed by atoms with van der Waals surface area (Å²) in [5.74, 6) is 0.669. The van der Waals surface area contributed by atoms with Gasteiger partial charge in [-0.1, -0.05) is 29.8 Å². The van der Waals surface area contributed by atoms with E-state index in [1.807, 2.05) is 35.8 Å². The Kier molecular flexibility index (Phi) is 5.38. The number of likely N-dealkylation sites (N-methyl/N-ethyl adjacent to an activating group) is 1. The second kappa shape index (κ2) is 7.94. The van der Waals surface area contributed by atoms with Crippen LogP contribution in [0.25, 0.3) is 11.4 Å². The van der Waals surface area contributed by atoms with E-state index in [2.05, 4.69) is 32.4 Å². The Bertz CT molecular complexity index is 1050. The number of rotatable bonds is 5. The highest BCUT2D eigenvalue weighted by Gasteiger charge is 2.19. The fourth-order valence-corrected chi connectivity index (χ4v) is 4.55. The number of hydrogen-bond donors (Lipinski definition) is 2. The summed E-state index contributed by atoms with van der Waals surface area (Å²) < 4.78 is 2.37. The zero-order valence-corrected chi connectivity index (χ0v) is 17.5. The summed E-state index contributed by atoms with van der Waals surface area (Å²) in [5, 5.41) is 10.8. The fourth-order valence-electron chi connectivity index (χ4n) is 3.22. The van der Waals surface area contributed by atoms with Crippen LogP contribution >= 0.6 is 23.6 Å². The second-order valence-corrected chi connectivity index (χ2v) is 8.52. The monoisotopic (exact) mass is 414 g/mol. The number of fused-ring (bicyclic) bond motifs is 1. The molecule has 3 heterocycles. The Balaban J connectivity index is 1.42. The van der Waals surface area contributed by atoms with Crippen LogP contribution in [0.2, 0.25) is 0 Å². The van der Waals surface area contributed by atoms with Gasteiger partial charge in [-0.25, -0.2) is 4.98 Å². The topological polar surface area (TPSA) is 78.8 Å². The maximum atomic E-state index is 12.5. The number of thiazole rings is 1. The minimum absolute atomic E-state index is 0.0718. The van der Waals surface area contributed by atoms with Crippen molar-refractivity contribution in [2.45, 2.75) is 32.9 Å². The van der Waals surface area contributed by atoms with E-state index in [0.717, 1.165) is 36.6 Å². The van der Waals surface area contributed by atoms with Crippen LogP contribution in [0.3, 0.4) is 0 Å². The zero-order valence-electron chi connectivity index (χ0n) is 15.9. The Labute approximate surface area is 172 Å². The van der Waals surface area contributed by atoms with E-state index in [4.69, 9.17) is 12.2 Å². The van der Waals surface area contributed by atoms with Gasteiger partial charge in [0.1, 0.15) is 0 Å². The van der Waals surface area contributed by atoms with E-state index in [9.17, 15) is 4.79 Å². The number of H-pyrrole nitrogens is 1. The molecule has 0 radical (unpaired) electrons. The molecule has 146 valence electrons. The molecule has 1 aliphatic heterocycles. The molecular formula is C19H22N6OS2. The number of carbonyl (C=O) groups is 1. The van der Waals surface area contributed by atoms with Crippen LogP contribution in [-0.2, 0) is 24.3 Å². The van der Waals surface area contributed by atoms with Crippen molar-refractivity contribution in [2.75, 3.05) is 18.9 Å². The number of benzene rings is 1. The Morgan fingerprint density at radius 2 is 2.14 bits per heavy atom. The largest absolute Gasteiger partial charge is 0.302 e.